The normalized spacial score (nSPS) is 12.6. The Morgan fingerprint density at radius 2 is 2.12 bits per heavy atom. The van der Waals surface area contributed by atoms with Gasteiger partial charge in [-0.3, -0.25) is 0 Å². The second-order valence-electron chi connectivity index (χ2n) is 3.99. The molecule has 0 saturated carbocycles. The first-order valence-corrected chi connectivity index (χ1v) is 6.73. The molecule has 0 spiro atoms. The fourth-order valence-corrected chi connectivity index (χ4v) is 2.59. The van der Waals surface area contributed by atoms with E-state index in [1.165, 1.54) is 10.4 Å². The molecular formula is C13H17N3S. The summed E-state index contributed by atoms with van der Waals surface area (Å²) < 4.78 is 0. The first kappa shape index (κ1) is 12.2. The van der Waals surface area contributed by atoms with Crippen molar-refractivity contribution < 1.29 is 0 Å². The maximum atomic E-state index is 4.11. The molecule has 1 N–H and O–H groups in total. The molecule has 17 heavy (non-hydrogen) atoms. The zero-order chi connectivity index (χ0) is 12.1. The average Bonchev–Trinajstić information content (AvgIpc) is 2.78. The van der Waals surface area contributed by atoms with Crippen molar-refractivity contribution in [2.45, 2.75) is 26.3 Å². The van der Waals surface area contributed by atoms with Crippen LogP contribution in [0.25, 0.3) is 0 Å². The Labute approximate surface area is 106 Å². The molecular weight excluding hydrogens is 230 g/mol. The zero-order valence-electron chi connectivity index (χ0n) is 10.2. The lowest BCUT2D eigenvalue weighted by Crippen LogP contribution is -2.23. The van der Waals surface area contributed by atoms with Crippen molar-refractivity contribution in [3.8, 4) is 0 Å². The smallest absolute Gasteiger partial charge is 0.115 e. The summed E-state index contributed by atoms with van der Waals surface area (Å²) in [7, 11) is 0. The van der Waals surface area contributed by atoms with Crippen LogP contribution in [0.1, 0.15) is 35.4 Å². The van der Waals surface area contributed by atoms with Crippen LogP contribution in [0.5, 0.6) is 0 Å². The number of thiophene rings is 1. The fraction of sp³-hybridized carbons (Fsp3) is 0.385. The van der Waals surface area contributed by atoms with Crippen molar-refractivity contribution >= 4 is 11.3 Å². The summed E-state index contributed by atoms with van der Waals surface area (Å²) in [6.07, 6.45) is 6.46. The van der Waals surface area contributed by atoms with Crippen molar-refractivity contribution in [3.63, 3.8) is 0 Å². The standard InChI is InChI=1S/C13H17N3S/c1-3-5-16-13(11-7-14-9-15-8-11)12-4-6-17-10(12)2/h4,6-9,13,16H,3,5H2,1-2H3. The summed E-state index contributed by atoms with van der Waals surface area (Å²) in [5.41, 5.74) is 2.46. The Morgan fingerprint density at radius 1 is 1.35 bits per heavy atom. The maximum absolute atomic E-state index is 4.11. The molecule has 1 unspecified atom stereocenters. The third kappa shape index (κ3) is 2.90. The Hall–Kier alpha value is -1.26. The Kier molecular flexibility index (Phi) is 4.23. The molecule has 90 valence electrons. The lowest BCUT2D eigenvalue weighted by molar-refractivity contribution is 0.594. The molecule has 0 aromatic carbocycles. The van der Waals surface area contributed by atoms with Gasteiger partial charge in [0.1, 0.15) is 6.33 Å². The monoisotopic (exact) mass is 247 g/mol. The van der Waals surface area contributed by atoms with Crippen LogP contribution in [0, 0.1) is 6.92 Å². The van der Waals surface area contributed by atoms with E-state index in [4.69, 9.17) is 0 Å². The minimum Gasteiger partial charge on any atom is -0.306 e. The molecule has 0 fully saturated rings. The average molecular weight is 247 g/mol. The van der Waals surface area contributed by atoms with Gasteiger partial charge in [0, 0.05) is 22.8 Å². The summed E-state index contributed by atoms with van der Waals surface area (Å²) in [4.78, 5) is 9.56. The molecule has 0 saturated heterocycles. The molecule has 0 radical (unpaired) electrons. The highest BCUT2D eigenvalue weighted by Gasteiger charge is 2.16. The van der Waals surface area contributed by atoms with Gasteiger partial charge >= 0.3 is 0 Å². The van der Waals surface area contributed by atoms with Gasteiger partial charge in [-0.2, -0.15) is 0 Å². The van der Waals surface area contributed by atoms with Crippen LogP contribution in [0.3, 0.4) is 0 Å². The van der Waals surface area contributed by atoms with Gasteiger partial charge in [-0.25, -0.2) is 9.97 Å². The van der Waals surface area contributed by atoms with Crippen LogP contribution in [0.2, 0.25) is 0 Å². The Balaban J connectivity index is 2.29. The number of aromatic nitrogens is 2. The molecule has 0 aliphatic carbocycles. The van der Waals surface area contributed by atoms with Gasteiger partial charge in [0.05, 0.1) is 6.04 Å². The lowest BCUT2D eigenvalue weighted by Gasteiger charge is -2.18. The van der Waals surface area contributed by atoms with Crippen molar-refractivity contribution in [3.05, 3.63) is 46.2 Å². The summed E-state index contributed by atoms with van der Waals surface area (Å²) in [6, 6.07) is 2.39. The molecule has 2 rings (SSSR count). The van der Waals surface area contributed by atoms with Gasteiger partial charge in [-0.15, -0.1) is 11.3 Å². The molecule has 0 bridgehead atoms. The number of hydrogen-bond acceptors (Lipinski definition) is 4. The predicted molar refractivity (Wildman–Crippen MR) is 71.2 cm³/mol. The first-order valence-electron chi connectivity index (χ1n) is 5.85. The molecule has 0 aliphatic rings. The third-order valence-corrected chi connectivity index (χ3v) is 3.58. The number of nitrogens with zero attached hydrogens (tertiary/aromatic N) is 2. The van der Waals surface area contributed by atoms with Crippen molar-refractivity contribution in [2.75, 3.05) is 6.54 Å². The lowest BCUT2D eigenvalue weighted by atomic mass is 10.0. The van der Waals surface area contributed by atoms with E-state index in [0.717, 1.165) is 18.5 Å². The SMILES string of the molecule is CCCNC(c1cncnc1)c1ccsc1C. The minimum absolute atomic E-state index is 0.211. The van der Waals surface area contributed by atoms with E-state index in [1.807, 2.05) is 12.4 Å². The maximum Gasteiger partial charge on any atom is 0.115 e. The summed E-state index contributed by atoms with van der Waals surface area (Å²) in [6.45, 7) is 5.32. The van der Waals surface area contributed by atoms with E-state index < -0.39 is 0 Å². The quantitative estimate of drug-likeness (QED) is 0.882. The van der Waals surface area contributed by atoms with Gasteiger partial charge in [0.25, 0.3) is 0 Å². The minimum atomic E-state index is 0.211. The van der Waals surface area contributed by atoms with E-state index in [0.29, 0.717) is 0 Å². The Bertz CT molecular complexity index is 453. The van der Waals surface area contributed by atoms with Crippen LogP contribution in [0.4, 0.5) is 0 Å². The molecule has 3 nitrogen and oxygen atoms in total. The Morgan fingerprint density at radius 3 is 2.71 bits per heavy atom. The van der Waals surface area contributed by atoms with Crippen LogP contribution in [0.15, 0.2) is 30.2 Å². The largest absolute Gasteiger partial charge is 0.306 e. The molecule has 4 heteroatoms. The van der Waals surface area contributed by atoms with Gasteiger partial charge in [0.15, 0.2) is 0 Å². The number of rotatable bonds is 5. The van der Waals surface area contributed by atoms with Crippen LogP contribution >= 0.6 is 11.3 Å². The van der Waals surface area contributed by atoms with Gasteiger partial charge < -0.3 is 5.32 Å². The van der Waals surface area contributed by atoms with Crippen LogP contribution in [-0.4, -0.2) is 16.5 Å². The molecule has 2 aromatic rings. The van der Waals surface area contributed by atoms with E-state index in [1.54, 1.807) is 17.7 Å². The predicted octanol–water partition coefficient (Wildman–Crippen LogP) is 2.94. The first-order chi connectivity index (χ1) is 8.33. The van der Waals surface area contributed by atoms with E-state index in [9.17, 15) is 0 Å². The topological polar surface area (TPSA) is 37.8 Å². The number of hydrogen-bond donors (Lipinski definition) is 1. The fourth-order valence-electron chi connectivity index (χ4n) is 1.85. The third-order valence-electron chi connectivity index (χ3n) is 2.72. The van der Waals surface area contributed by atoms with Crippen LogP contribution < -0.4 is 5.32 Å². The number of nitrogens with one attached hydrogen (secondary N) is 1. The molecule has 1 atom stereocenters. The van der Waals surface area contributed by atoms with E-state index in [-0.39, 0.29) is 6.04 Å². The highest BCUT2D eigenvalue weighted by Crippen LogP contribution is 2.27. The molecule has 2 heterocycles. The zero-order valence-corrected chi connectivity index (χ0v) is 11.0. The molecule has 0 amide bonds. The summed E-state index contributed by atoms with van der Waals surface area (Å²) in [5.74, 6) is 0. The van der Waals surface area contributed by atoms with Crippen molar-refractivity contribution in [1.82, 2.24) is 15.3 Å². The highest BCUT2D eigenvalue weighted by atomic mass is 32.1. The van der Waals surface area contributed by atoms with Crippen molar-refractivity contribution in [1.29, 1.82) is 0 Å². The van der Waals surface area contributed by atoms with Crippen LogP contribution in [-0.2, 0) is 0 Å². The van der Waals surface area contributed by atoms with Crippen molar-refractivity contribution in [2.24, 2.45) is 0 Å². The van der Waals surface area contributed by atoms with E-state index in [2.05, 4.69) is 40.6 Å². The molecule has 2 aromatic heterocycles. The van der Waals surface area contributed by atoms with E-state index >= 15 is 0 Å². The summed E-state index contributed by atoms with van der Waals surface area (Å²) >= 11 is 1.78. The second-order valence-corrected chi connectivity index (χ2v) is 5.11. The van der Waals surface area contributed by atoms with Gasteiger partial charge in [0.2, 0.25) is 0 Å². The second kappa shape index (κ2) is 5.89. The summed E-state index contributed by atoms with van der Waals surface area (Å²) in [5, 5.41) is 5.69. The molecule has 0 aliphatic heterocycles. The van der Waals surface area contributed by atoms with Gasteiger partial charge in [-0.1, -0.05) is 6.92 Å². The van der Waals surface area contributed by atoms with Gasteiger partial charge in [-0.05, 0) is 36.9 Å². The highest BCUT2D eigenvalue weighted by molar-refractivity contribution is 7.10. The number of aryl methyl sites for hydroxylation is 1.